The van der Waals surface area contributed by atoms with E-state index in [1.54, 1.807) is 17.0 Å². The highest BCUT2D eigenvalue weighted by atomic mass is 32.2. The van der Waals surface area contributed by atoms with Crippen LogP contribution in [-0.4, -0.2) is 56.3 Å². The van der Waals surface area contributed by atoms with Gasteiger partial charge in [0.1, 0.15) is 0 Å². The largest absolute Gasteiger partial charge is 0.338 e. The minimum Gasteiger partial charge on any atom is -0.338 e. The molecule has 1 aromatic rings. The highest BCUT2D eigenvalue weighted by molar-refractivity contribution is 7.89. The molecule has 0 aliphatic carbocycles. The topological polar surface area (TPSA) is 83.7 Å². The van der Waals surface area contributed by atoms with Gasteiger partial charge in [-0.2, -0.15) is 4.31 Å². The van der Waals surface area contributed by atoms with Gasteiger partial charge in [-0.1, -0.05) is 13.8 Å². The van der Waals surface area contributed by atoms with E-state index in [0.29, 0.717) is 44.2 Å². The van der Waals surface area contributed by atoms with Crippen molar-refractivity contribution in [1.82, 2.24) is 9.21 Å². The highest BCUT2D eigenvalue weighted by Crippen LogP contribution is 2.21. The van der Waals surface area contributed by atoms with E-state index in [1.807, 2.05) is 13.8 Å². The van der Waals surface area contributed by atoms with Gasteiger partial charge >= 0.3 is 0 Å². The van der Waals surface area contributed by atoms with E-state index in [1.165, 1.54) is 16.4 Å². The second-order valence-electron chi connectivity index (χ2n) is 6.57. The van der Waals surface area contributed by atoms with Crippen molar-refractivity contribution in [2.24, 2.45) is 11.7 Å². The van der Waals surface area contributed by atoms with Crippen molar-refractivity contribution in [3.63, 3.8) is 0 Å². The lowest BCUT2D eigenvalue weighted by Crippen LogP contribution is -2.32. The minimum atomic E-state index is -3.51. The number of sulfonamides is 1. The lowest BCUT2D eigenvalue weighted by Gasteiger charge is -2.21. The van der Waals surface area contributed by atoms with Gasteiger partial charge in [0, 0.05) is 31.7 Å². The van der Waals surface area contributed by atoms with Gasteiger partial charge in [0.2, 0.25) is 10.0 Å². The zero-order valence-electron chi connectivity index (χ0n) is 15.1. The van der Waals surface area contributed by atoms with Crippen molar-refractivity contribution >= 4 is 15.9 Å². The Bertz CT molecular complexity index is 667. The van der Waals surface area contributed by atoms with Crippen LogP contribution in [0.15, 0.2) is 29.2 Å². The van der Waals surface area contributed by atoms with Crippen LogP contribution in [0.2, 0.25) is 0 Å². The fourth-order valence-electron chi connectivity index (χ4n) is 3.16. The number of rotatable bonds is 8. The SMILES string of the molecule is CCCN(CCC)S(=O)(=O)c1ccc(C(=O)N2CCC(CN)C2)cc1. The summed E-state index contributed by atoms with van der Waals surface area (Å²) < 4.78 is 27.0. The smallest absolute Gasteiger partial charge is 0.253 e. The zero-order chi connectivity index (χ0) is 18.4. The molecule has 1 atom stereocenters. The number of nitrogens with two attached hydrogens (primary N) is 1. The third kappa shape index (κ3) is 4.59. The molecule has 25 heavy (non-hydrogen) atoms. The molecular weight excluding hydrogens is 338 g/mol. The second kappa shape index (κ2) is 8.78. The van der Waals surface area contributed by atoms with Crippen LogP contribution in [0, 0.1) is 5.92 Å². The van der Waals surface area contributed by atoms with Gasteiger partial charge in [0.25, 0.3) is 5.91 Å². The van der Waals surface area contributed by atoms with Gasteiger partial charge in [0.05, 0.1) is 4.90 Å². The van der Waals surface area contributed by atoms with E-state index >= 15 is 0 Å². The van der Waals surface area contributed by atoms with E-state index in [2.05, 4.69) is 0 Å². The Kier molecular flexibility index (Phi) is 6.98. The molecule has 6 nitrogen and oxygen atoms in total. The van der Waals surface area contributed by atoms with Gasteiger partial charge in [0.15, 0.2) is 0 Å². The Labute approximate surface area is 151 Å². The number of likely N-dealkylation sites (tertiary alicyclic amines) is 1. The molecule has 1 unspecified atom stereocenters. The van der Waals surface area contributed by atoms with Gasteiger partial charge in [-0.25, -0.2) is 8.42 Å². The Hall–Kier alpha value is -1.44. The van der Waals surface area contributed by atoms with E-state index < -0.39 is 10.0 Å². The molecule has 0 spiro atoms. The number of hydrogen-bond acceptors (Lipinski definition) is 4. The molecule has 0 aromatic heterocycles. The number of hydrogen-bond donors (Lipinski definition) is 1. The molecule has 1 aromatic carbocycles. The first-order valence-corrected chi connectivity index (χ1v) is 10.5. The van der Waals surface area contributed by atoms with Crippen molar-refractivity contribution < 1.29 is 13.2 Å². The van der Waals surface area contributed by atoms with Crippen LogP contribution in [0.4, 0.5) is 0 Å². The minimum absolute atomic E-state index is 0.0566. The third-order valence-electron chi connectivity index (χ3n) is 4.59. The van der Waals surface area contributed by atoms with Gasteiger partial charge < -0.3 is 10.6 Å². The molecule has 0 saturated carbocycles. The van der Waals surface area contributed by atoms with E-state index in [-0.39, 0.29) is 10.8 Å². The first-order valence-electron chi connectivity index (χ1n) is 9.03. The maximum atomic E-state index is 12.7. The quantitative estimate of drug-likeness (QED) is 0.761. The van der Waals surface area contributed by atoms with Crippen LogP contribution >= 0.6 is 0 Å². The molecule has 2 N–H and O–H groups in total. The zero-order valence-corrected chi connectivity index (χ0v) is 16.0. The summed E-state index contributed by atoms with van der Waals surface area (Å²) in [4.78, 5) is 14.6. The maximum Gasteiger partial charge on any atom is 0.253 e. The summed E-state index contributed by atoms with van der Waals surface area (Å²) >= 11 is 0. The van der Waals surface area contributed by atoms with Crippen molar-refractivity contribution in [2.75, 3.05) is 32.7 Å². The van der Waals surface area contributed by atoms with Crippen LogP contribution in [0.3, 0.4) is 0 Å². The number of carbonyl (C=O) groups is 1. The molecule has 7 heteroatoms. The van der Waals surface area contributed by atoms with Gasteiger partial charge in [-0.15, -0.1) is 0 Å². The van der Waals surface area contributed by atoms with E-state index in [4.69, 9.17) is 5.73 Å². The van der Waals surface area contributed by atoms with Crippen LogP contribution in [-0.2, 0) is 10.0 Å². The second-order valence-corrected chi connectivity index (χ2v) is 8.51. The lowest BCUT2D eigenvalue weighted by atomic mass is 10.1. The molecule has 0 bridgehead atoms. The van der Waals surface area contributed by atoms with Crippen LogP contribution < -0.4 is 5.73 Å². The molecule has 1 fully saturated rings. The summed E-state index contributed by atoms with van der Waals surface area (Å²) in [6.45, 7) is 6.91. The monoisotopic (exact) mass is 367 g/mol. The van der Waals surface area contributed by atoms with Crippen molar-refractivity contribution in [1.29, 1.82) is 0 Å². The van der Waals surface area contributed by atoms with Gasteiger partial charge in [-0.05, 0) is 56.0 Å². The lowest BCUT2D eigenvalue weighted by molar-refractivity contribution is 0.0787. The van der Waals surface area contributed by atoms with Crippen molar-refractivity contribution in [3.8, 4) is 0 Å². The Morgan fingerprint density at radius 3 is 2.28 bits per heavy atom. The average Bonchev–Trinajstić information content (AvgIpc) is 3.10. The van der Waals surface area contributed by atoms with Crippen LogP contribution in [0.1, 0.15) is 43.5 Å². The fourth-order valence-corrected chi connectivity index (χ4v) is 4.79. The van der Waals surface area contributed by atoms with E-state index in [0.717, 1.165) is 19.3 Å². The molecule has 140 valence electrons. The standard InChI is InChI=1S/C18H29N3O3S/c1-3-10-21(11-4-2)25(23,24)17-7-5-16(6-8-17)18(22)20-12-9-15(13-19)14-20/h5-8,15H,3-4,9-14,19H2,1-2H3. The van der Waals surface area contributed by atoms with Gasteiger partial charge in [-0.3, -0.25) is 4.79 Å². The molecule has 0 radical (unpaired) electrons. The molecule has 1 amide bonds. The summed E-state index contributed by atoms with van der Waals surface area (Å²) in [6, 6.07) is 6.30. The normalized spacial score (nSPS) is 18.1. The fraction of sp³-hybridized carbons (Fsp3) is 0.611. The Morgan fingerprint density at radius 1 is 1.20 bits per heavy atom. The molecule has 1 heterocycles. The summed E-state index contributed by atoms with van der Waals surface area (Å²) in [5, 5.41) is 0. The average molecular weight is 368 g/mol. The molecule has 1 aliphatic heterocycles. The number of benzene rings is 1. The van der Waals surface area contributed by atoms with Crippen molar-refractivity contribution in [3.05, 3.63) is 29.8 Å². The maximum absolute atomic E-state index is 12.7. The first-order chi connectivity index (χ1) is 11.9. The van der Waals surface area contributed by atoms with E-state index in [9.17, 15) is 13.2 Å². The number of nitrogens with zero attached hydrogens (tertiary/aromatic N) is 2. The number of carbonyl (C=O) groups excluding carboxylic acids is 1. The summed E-state index contributed by atoms with van der Waals surface area (Å²) in [5.41, 5.74) is 6.19. The molecule has 1 saturated heterocycles. The Morgan fingerprint density at radius 2 is 1.80 bits per heavy atom. The predicted octanol–water partition coefficient (Wildman–Crippen LogP) is 1.92. The molecule has 2 rings (SSSR count). The Balaban J connectivity index is 2.14. The summed E-state index contributed by atoms with van der Waals surface area (Å²) in [6.07, 6.45) is 2.47. The molecule has 1 aliphatic rings. The summed E-state index contributed by atoms with van der Waals surface area (Å²) in [5.74, 6) is 0.305. The summed E-state index contributed by atoms with van der Waals surface area (Å²) in [7, 11) is -3.51. The molecular formula is C18H29N3O3S. The number of amides is 1. The van der Waals surface area contributed by atoms with Crippen LogP contribution in [0.5, 0.6) is 0 Å². The van der Waals surface area contributed by atoms with Crippen molar-refractivity contribution in [2.45, 2.75) is 38.0 Å². The predicted molar refractivity (Wildman–Crippen MR) is 98.8 cm³/mol. The first kappa shape index (κ1) is 19.9. The highest BCUT2D eigenvalue weighted by Gasteiger charge is 2.27. The van der Waals surface area contributed by atoms with Crippen LogP contribution in [0.25, 0.3) is 0 Å². The third-order valence-corrected chi connectivity index (χ3v) is 6.50.